The van der Waals surface area contributed by atoms with Crippen LogP contribution in [0.25, 0.3) is 0 Å². The summed E-state index contributed by atoms with van der Waals surface area (Å²) in [4.78, 5) is 29.8. The van der Waals surface area contributed by atoms with Gasteiger partial charge in [-0.15, -0.1) is 4.99 Å². The van der Waals surface area contributed by atoms with Gasteiger partial charge in [0.1, 0.15) is 5.75 Å². The van der Waals surface area contributed by atoms with Crippen LogP contribution in [-0.4, -0.2) is 48.5 Å². The quantitative estimate of drug-likeness (QED) is 0.289. The van der Waals surface area contributed by atoms with Crippen LogP contribution in [0.5, 0.6) is 5.75 Å². The van der Waals surface area contributed by atoms with E-state index < -0.39 is 31.3 Å². The van der Waals surface area contributed by atoms with Gasteiger partial charge < -0.3 is 9.84 Å². The molecular weight excluding hydrogens is 366 g/mol. The van der Waals surface area contributed by atoms with Crippen LogP contribution >= 0.6 is 0 Å². The second-order valence-corrected chi connectivity index (χ2v) is 13.9. The van der Waals surface area contributed by atoms with Crippen molar-refractivity contribution in [1.29, 1.82) is 0 Å². The Hall–Kier alpha value is -1.90. The average Bonchev–Trinajstić information content (AvgIpc) is 3.32. The second-order valence-electron chi connectivity index (χ2n) is 8.31. The highest BCUT2D eigenvalue weighted by atomic mass is 28.3. The summed E-state index contributed by atoms with van der Waals surface area (Å²) in [6.07, 6.45) is 0.675. The summed E-state index contributed by atoms with van der Waals surface area (Å²) in [5, 5.41) is 19.6. The molecule has 0 saturated heterocycles. The van der Waals surface area contributed by atoms with E-state index >= 15 is 0 Å². The predicted octanol–water partition coefficient (Wildman–Crippen LogP) is 3.08. The Morgan fingerprint density at radius 1 is 1.26 bits per heavy atom. The molecule has 2 rings (SSSR count). The summed E-state index contributed by atoms with van der Waals surface area (Å²) in [5.74, 6) is -1.28. The number of hydrogen-bond acceptors (Lipinski definition) is 6. The molecule has 150 valence electrons. The SMILES string of the molecule is CCOC(=O)[C@@]1(Cc2ccc(O)cc2)CC1C(=O)N(CC[Si](C)(C)C)OO. The van der Waals surface area contributed by atoms with Gasteiger partial charge in [-0.05, 0) is 43.5 Å². The number of hydrogen-bond donors (Lipinski definition) is 2. The number of carbonyl (C=O) groups is 2. The van der Waals surface area contributed by atoms with Gasteiger partial charge in [-0.3, -0.25) is 9.59 Å². The van der Waals surface area contributed by atoms with Crippen LogP contribution in [0.15, 0.2) is 24.3 Å². The highest BCUT2D eigenvalue weighted by molar-refractivity contribution is 6.76. The van der Waals surface area contributed by atoms with E-state index in [9.17, 15) is 20.0 Å². The Balaban J connectivity index is 2.15. The van der Waals surface area contributed by atoms with Gasteiger partial charge in [-0.2, -0.15) is 5.06 Å². The maximum atomic E-state index is 12.8. The van der Waals surface area contributed by atoms with Gasteiger partial charge in [0.05, 0.1) is 17.9 Å². The third-order valence-corrected chi connectivity index (χ3v) is 6.64. The van der Waals surface area contributed by atoms with E-state index in [1.165, 1.54) is 0 Å². The van der Waals surface area contributed by atoms with Crippen LogP contribution in [0.2, 0.25) is 25.7 Å². The van der Waals surface area contributed by atoms with Crippen molar-refractivity contribution in [2.24, 2.45) is 11.3 Å². The molecule has 1 aliphatic rings. The standard InChI is InChI=1S/C19H29NO6Si/c1-5-25-18(23)19(12-14-6-8-15(21)9-7-14)13-16(19)17(22)20(26-24)10-11-27(2,3)4/h6-9,16,21,24H,5,10-13H2,1-4H3/t16?,19-/m0/s1. The summed E-state index contributed by atoms with van der Waals surface area (Å²) in [6.45, 7) is 8.74. The van der Waals surface area contributed by atoms with E-state index in [4.69, 9.17) is 4.74 Å². The van der Waals surface area contributed by atoms with Crippen molar-refractivity contribution in [2.75, 3.05) is 13.2 Å². The number of phenols is 1. The van der Waals surface area contributed by atoms with E-state index in [0.29, 0.717) is 19.4 Å². The average molecular weight is 396 g/mol. The number of esters is 1. The van der Waals surface area contributed by atoms with E-state index in [2.05, 4.69) is 24.6 Å². The second kappa shape index (κ2) is 8.41. The summed E-state index contributed by atoms with van der Waals surface area (Å²) in [6, 6.07) is 7.31. The molecule has 8 heteroatoms. The number of rotatable bonds is 9. The Morgan fingerprint density at radius 3 is 2.41 bits per heavy atom. The van der Waals surface area contributed by atoms with Gasteiger partial charge in [-0.1, -0.05) is 31.8 Å². The van der Waals surface area contributed by atoms with Crippen LogP contribution < -0.4 is 0 Å². The molecular formula is C19H29NO6Si. The third kappa shape index (κ3) is 5.30. The number of ether oxygens (including phenoxy) is 1. The minimum absolute atomic E-state index is 0.138. The lowest BCUT2D eigenvalue weighted by molar-refractivity contribution is -0.378. The maximum Gasteiger partial charge on any atom is 0.313 e. The molecule has 1 aromatic rings. The van der Waals surface area contributed by atoms with Crippen molar-refractivity contribution < 1.29 is 29.7 Å². The van der Waals surface area contributed by atoms with Crippen molar-refractivity contribution >= 4 is 20.0 Å². The fourth-order valence-corrected chi connectivity index (χ4v) is 4.05. The first-order chi connectivity index (χ1) is 12.6. The Morgan fingerprint density at radius 2 is 1.89 bits per heavy atom. The fraction of sp³-hybridized carbons (Fsp3) is 0.579. The molecule has 7 nitrogen and oxygen atoms in total. The number of phenolic OH excluding ortho intramolecular Hbond substituents is 1. The third-order valence-electron chi connectivity index (χ3n) is 4.92. The molecule has 1 amide bonds. The summed E-state index contributed by atoms with van der Waals surface area (Å²) in [5.41, 5.74) is -0.130. The van der Waals surface area contributed by atoms with Gasteiger partial charge >= 0.3 is 5.97 Å². The van der Waals surface area contributed by atoms with E-state index in [-0.39, 0.29) is 12.4 Å². The minimum atomic E-state index is -1.43. The summed E-state index contributed by atoms with van der Waals surface area (Å²) < 4.78 is 5.22. The van der Waals surface area contributed by atoms with E-state index in [1.54, 1.807) is 31.2 Å². The van der Waals surface area contributed by atoms with E-state index in [1.807, 2.05) is 0 Å². The van der Waals surface area contributed by atoms with Crippen molar-refractivity contribution in [2.45, 2.75) is 45.5 Å². The molecule has 0 aromatic heterocycles. The number of carbonyl (C=O) groups excluding carboxylic acids is 2. The molecule has 1 saturated carbocycles. The molecule has 0 spiro atoms. The van der Waals surface area contributed by atoms with Crippen molar-refractivity contribution in [3.8, 4) is 5.75 Å². The van der Waals surface area contributed by atoms with Gasteiger partial charge in [0.15, 0.2) is 0 Å². The Bertz CT molecular complexity index is 672. The predicted molar refractivity (Wildman–Crippen MR) is 103 cm³/mol. The maximum absolute atomic E-state index is 12.8. The highest BCUT2D eigenvalue weighted by Crippen LogP contribution is 2.56. The molecule has 0 radical (unpaired) electrons. The Labute approximate surface area is 160 Å². The molecule has 0 heterocycles. The molecule has 27 heavy (non-hydrogen) atoms. The normalized spacial score (nSPS) is 21.6. The van der Waals surface area contributed by atoms with Gasteiger partial charge in [0, 0.05) is 14.6 Å². The van der Waals surface area contributed by atoms with E-state index in [0.717, 1.165) is 16.7 Å². The number of aromatic hydroxyl groups is 1. The first kappa shape index (κ1) is 21.4. The van der Waals surface area contributed by atoms with Gasteiger partial charge in [0.25, 0.3) is 5.91 Å². The lowest BCUT2D eigenvalue weighted by atomic mass is 9.93. The van der Waals surface area contributed by atoms with Gasteiger partial charge in [0.2, 0.25) is 0 Å². The largest absolute Gasteiger partial charge is 0.508 e. The van der Waals surface area contributed by atoms with Crippen LogP contribution in [0.1, 0.15) is 18.9 Å². The van der Waals surface area contributed by atoms with Crippen LogP contribution in [0.4, 0.5) is 0 Å². The monoisotopic (exact) mass is 395 g/mol. The highest BCUT2D eigenvalue weighted by Gasteiger charge is 2.65. The molecule has 1 unspecified atom stereocenters. The summed E-state index contributed by atoms with van der Waals surface area (Å²) >= 11 is 0. The number of amides is 1. The minimum Gasteiger partial charge on any atom is -0.508 e. The molecule has 2 atom stereocenters. The Kier molecular flexibility index (Phi) is 6.66. The lowest BCUT2D eigenvalue weighted by Gasteiger charge is -2.23. The number of benzene rings is 1. The van der Waals surface area contributed by atoms with Crippen LogP contribution in [0, 0.1) is 11.3 Å². The topological polar surface area (TPSA) is 96.3 Å². The lowest BCUT2D eigenvalue weighted by Crippen LogP contribution is -2.38. The first-order valence-electron chi connectivity index (χ1n) is 9.21. The number of nitrogens with zero attached hydrogens (tertiary/aromatic N) is 1. The molecule has 2 N–H and O–H groups in total. The molecule has 1 aliphatic carbocycles. The molecule has 0 aliphatic heterocycles. The zero-order valence-corrected chi connectivity index (χ0v) is 17.4. The van der Waals surface area contributed by atoms with Crippen molar-refractivity contribution in [3.05, 3.63) is 29.8 Å². The van der Waals surface area contributed by atoms with Crippen molar-refractivity contribution in [3.63, 3.8) is 0 Å². The number of hydroxylamine groups is 2. The molecule has 0 bridgehead atoms. The summed E-state index contributed by atoms with van der Waals surface area (Å²) in [7, 11) is -1.43. The first-order valence-corrected chi connectivity index (χ1v) is 12.9. The van der Waals surface area contributed by atoms with Crippen molar-refractivity contribution in [1.82, 2.24) is 5.06 Å². The van der Waals surface area contributed by atoms with Crippen LogP contribution in [-0.2, 0) is 25.7 Å². The zero-order chi connectivity index (χ0) is 20.2. The fourth-order valence-electron chi connectivity index (χ4n) is 3.18. The smallest absolute Gasteiger partial charge is 0.313 e. The van der Waals surface area contributed by atoms with Gasteiger partial charge in [-0.25, -0.2) is 5.26 Å². The zero-order valence-electron chi connectivity index (χ0n) is 16.4. The molecule has 1 aromatic carbocycles. The van der Waals surface area contributed by atoms with Crippen LogP contribution in [0.3, 0.4) is 0 Å². The molecule has 1 fully saturated rings.